The molecule has 0 radical (unpaired) electrons. The molecule has 1 N–H and O–H groups in total. The molecule has 2 atom stereocenters. The van der Waals surface area contributed by atoms with Gasteiger partial charge < -0.3 is 29.2 Å². The summed E-state index contributed by atoms with van der Waals surface area (Å²) in [5, 5.41) is 3.17. The number of fused-ring (bicyclic) bond motifs is 1. The molecule has 0 aromatic heterocycles. The molecule has 38 heavy (non-hydrogen) atoms. The number of ether oxygens (including phenoxy) is 4. The smallest absolute Gasteiger partial charge is 0.254 e. The van der Waals surface area contributed by atoms with Crippen molar-refractivity contribution in [1.82, 2.24) is 15.1 Å². The average Bonchev–Trinajstić information content (AvgIpc) is 2.96. The standard InChI is InChI=1S/C29H39N3O6/c1-5-12-32-26(20-18-23(35-2)27(37-4)24(19-20)36-3)25(21-9-6-7-10-22(21)29(32)34)28(33)30-11-8-13-31-14-16-38-17-15-31/h6-7,9-10,18-19,25-26H,5,8,11-17H2,1-4H3,(H,30,33)/t25-,26-/m1/s1. The van der Waals surface area contributed by atoms with Gasteiger partial charge in [0.1, 0.15) is 0 Å². The first-order valence-corrected chi connectivity index (χ1v) is 13.3. The topological polar surface area (TPSA) is 89.6 Å². The van der Waals surface area contributed by atoms with Crippen molar-refractivity contribution >= 4 is 11.8 Å². The minimum Gasteiger partial charge on any atom is -0.493 e. The Balaban J connectivity index is 1.69. The molecule has 0 bridgehead atoms. The average molecular weight is 526 g/mol. The van der Waals surface area contributed by atoms with Gasteiger partial charge in [-0.3, -0.25) is 14.5 Å². The molecule has 0 unspecified atom stereocenters. The van der Waals surface area contributed by atoms with Gasteiger partial charge >= 0.3 is 0 Å². The van der Waals surface area contributed by atoms with E-state index in [9.17, 15) is 9.59 Å². The lowest BCUT2D eigenvalue weighted by atomic mass is 9.79. The lowest BCUT2D eigenvalue weighted by Gasteiger charge is -2.42. The third kappa shape index (κ3) is 5.73. The summed E-state index contributed by atoms with van der Waals surface area (Å²) >= 11 is 0. The van der Waals surface area contributed by atoms with Crippen LogP contribution in [0.1, 0.15) is 53.2 Å². The van der Waals surface area contributed by atoms with Crippen LogP contribution in [0.25, 0.3) is 0 Å². The van der Waals surface area contributed by atoms with Gasteiger partial charge in [0.05, 0.1) is 46.5 Å². The van der Waals surface area contributed by atoms with E-state index in [-0.39, 0.29) is 11.8 Å². The SMILES string of the molecule is CCCN1C(=O)c2ccccc2[C@@H](C(=O)NCCCN2CCOCC2)[C@H]1c1cc(OC)c(OC)c(OC)c1. The summed E-state index contributed by atoms with van der Waals surface area (Å²) in [6.07, 6.45) is 1.59. The van der Waals surface area contributed by atoms with Crippen LogP contribution in [0.4, 0.5) is 0 Å². The zero-order chi connectivity index (χ0) is 27.1. The third-order valence-corrected chi connectivity index (χ3v) is 7.27. The molecule has 2 heterocycles. The van der Waals surface area contributed by atoms with Crippen molar-refractivity contribution < 1.29 is 28.5 Å². The number of rotatable bonds is 11. The molecule has 0 spiro atoms. The Kier molecular flexibility index (Phi) is 9.47. The van der Waals surface area contributed by atoms with Crippen LogP contribution in [0.15, 0.2) is 36.4 Å². The predicted molar refractivity (Wildman–Crippen MR) is 144 cm³/mol. The maximum Gasteiger partial charge on any atom is 0.254 e. The van der Waals surface area contributed by atoms with Crippen LogP contribution >= 0.6 is 0 Å². The fraction of sp³-hybridized carbons (Fsp3) is 0.517. The van der Waals surface area contributed by atoms with Gasteiger partial charge in [-0.05, 0) is 48.7 Å². The number of hydrogen-bond acceptors (Lipinski definition) is 7. The first kappa shape index (κ1) is 27.7. The third-order valence-electron chi connectivity index (χ3n) is 7.27. The Morgan fingerprint density at radius 3 is 2.34 bits per heavy atom. The minimum atomic E-state index is -0.596. The van der Waals surface area contributed by atoms with E-state index in [1.54, 1.807) is 26.2 Å². The molecular formula is C29H39N3O6. The zero-order valence-corrected chi connectivity index (χ0v) is 22.8. The first-order chi connectivity index (χ1) is 18.5. The van der Waals surface area contributed by atoms with E-state index in [0.717, 1.165) is 56.8 Å². The molecule has 0 aliphatic carbocycles. The summed E-state index contributed by atoms with van der Waals surface area (Å²) in [5.74, 6) is 0.641. The normalized spacial score (nSPS) is 19.6. The van der Waals surface area contributed by atoms with Crippen LogP contribution in [-0.2, 0) is 9.53 Å². The second-order valence-corrected chi connectivity index (χ2v) is 9.57. The molecule has 9 nitrogen and oxygen atoms in total. The molecule has 2 aliphatic heterocycles. The number of carbonyl (C=O) groups excluding carboxylic acids is 2. The van der Waals surface area contributed by atoms with Gasteiger partial charge in [-0.15, -0.1) is 0 Å². The molecule has 1 fully saturated rings. The Bertz CT molecular complexity index is 1090. The van der Waals surface area contributed by atoms with Crippen LogP contribution in [0, 0.1) is 0 Å². The van der Waals surface area contributed by atoms with Crippen LogP contribution in [0.2, 0.25) is 0 Å². The number of nitrogens with zero attached hydrogens (tertiary/aromatic N) is 2. The summed E-state index contributed by atoms with van der Waals surface area (Å²) in [7, 11) is 4.67. The Morgan fingerprint density at radius 2 is 1.71 bits per heavy atom. The molecule has 2 aromatic rings. The molecule has 1 saturated heterocycles. The molecular weight excluding hydrogens is 486 g/mol. The van der Waals surface area contributed by atoms with Gasteiger partial charge in [-0.2, -0.15) is 0 Å². The van der Waals surface area contributed by atoms with E-state index in [2.05, 4.69) is 10.2 Å². The summed E-state index contributed by atoms with van der Waals surface area (Å²) in [6.45, 7) is 7.34. The number of benzene rings is 2. The largest absolute Gasteiger partial charge is 0.493 e. The van der Waals surface area contributed by atoms with Gasteiger partial charge in [-0.1, -0.05) is 25.1 Å². The van der Waals surface area contributed by atoms with Gasteiger partial charge in [0.25, 0.3) is 5.91 Å². The first-order valence-electron chi connectivity index (χ1n) is 13.3. The predicted octanol–water partition coefficient (Wildman–Crippen LogP) is 3.24. The summed E-state index contributed by atoms with van der Waals surface area (Å²) in [5.41, 5.74) is 2.05. The molecule has 2 amide bonds. The highest BCUT2D eigenvalue weighted by Gasteiger charge is 2.44. The van der Waals surface area contributed by atoms with E-state index in [1.807, 2.05) is 43.3 Å². The Labute approximate surface area is 225 Å². The van der Waals surface area contributed by atoms with Crippen LogP contribution < -0.4 is 19.5 Å². The summed E-state index contributed by atoms with van der Waals surface area (Å²) in [4.78, 5) is 31.8. The van der Waals surface area contributed by atoms with Crippen molar-refractivity contribution in [3.05, 3.63) is 53.1 Å². The zero-order valence-electron chi connectivity index (χ0n) is 22.8. The van der Waals surface area contributed by atoms with Gasteiger partial charge in [0.15, 0.2) is 11.5 Å². The Morgan fingerprint density at radius 1 is 1.03 bits per heavy atom. The summed E-state index contributed by atoms with van der Waals surface area (Å²) in [6, 6.07) is 10.6. The maximum absolute atomic E-state index is 13.9. The van der Waals surface area contributed by atoms with Crippen LogP contribution in [0.3, 0.4) is 0 Å². The molecule has 206 valence electrons. The van der Waals surface area contributed by atoms with E-state index in [1.165, 1.54) is 0 Å². The fourth-order valence-electron chi connectivity index (χ4n) is 5.45. The number of amides is 2. The summed E-state index contributed by atoms with van der Waals surface area (Å²) < 4.78 is 22.2. The number of hydrogen-bond donors (Lipinski definition) is 1. The van der Waals surface area contributed by atoms with Crippen molar-refractivity contribution in [3.8, 4) is 17.2 Å². The van der Waals surface area contributed by atoms with Crippen molar-refractivity contribution in [2.75, 3.05) is 67.3 Å². The molecule has 2 aliphatic rings. The second kappa shape index (κ2) is 13.0. The number of methoxy groups -OCH3 is 3. The number of morpholine rings is 1. The lowest BCUT2D eigenvalue weighted by Crippen LogP contribution is -2.48. The van der Waals surface area contributed by atoms with Crippen molar-refractivity contribution in [3.63, 3.8) is 0 Å². The number of carbonyl (C=O) groups is 2. The van der Waals surface area contributed by atoms with Gasteiger partial charge in [0, 0.05) is 31.7 Å². The quantitative estimate of drug-likeness (QED) is 0.451. The van der Waals surface area contributed by atoms with Crippen molar-refractivity contribution in [2.45, 2.75) is 31.7 Å². The van der Waals surface area contributed by atoms with E-state index < -0.39 is 12.0 Å². The highest BCUT2D eigenvalue weighted by Crippen LogP contribution is 2.47. The molecule has 4 rings (SSSR count). The van der Waals surface area contributed by atoms with Gasteiger partial charge in [-0.25, -0.2) is 0 Å². The van der Waals surface area contributed by atoms with Crippen molar-refractivity contribution in [1.29, 1.82) is 0 Å². The fourth-order valence-corrected chi connectivity index (χ4v) is 5.45. The minimum absolute atomic E-state index is 0.0856. The lowest BCUT2D eigenvalue weighted by molar-refractivity contribution is -0.124. The highest BCUT2D eigenvalue weighted by molar-refractivity contribution is 6.01. The van der Waals surface area contributed by atoms with E-state index in [0.29, 0.717) is 35.9 Å². The van der Waals surface area contributed by atoms with Crippen LogP contribution in [0.5, 0.6) is 17.2 Å². The monoisotopic (exact) mass is 525 g/mol. The maximum atomic E-state index is 13.9. The number of nitrogens with one attached hydrogen (secondary N) is 1. The molecule has 0 saturated carbocycles. The van der Waals surface area contributed by atoms with E-state index >= 15 is 0 Å². The van der Waals surface area contributed by atoms with Gasteiger partial charge in [0.2, 0.25) is 11.7 Å². The van der Waals surface area contributed by atoms with Crippen LogP contribution in [-0.4, -0.2) is 88.9 Å². The Hall–Kier alpha value is -3.30. The molecule has 9 heteroatoms. The van der Waals surface area contributed by atoms with E-state index in [4.69, 9.17) is 18.9 Å². The highest BCUT2D eigenvalue weighted by atomic mass is 16.5. The second-order valence-electron chi connectivity index (χ2n) is 9.57. The molecule has 2 aromatic carbocycles. The van der Waals surface area contributed by atoms with Crippen molar-refractivity contribution in [2.24, 2.45) is 0 Å².